The van der Waals surface area contributed by atoms with Crippen LogP contribution in [0.25, 0.3) is 0 Å². The Morgan fingerprint density at radius 2 is 2.00 bits per heavy atom. The van der Waals surface area contributed by atoms with E-state index in [4.69, 9.17) is 5.11 Å². The van der Waals surface area contributed by atoms with Gasteiger partial charge in [-0.2, -0.15) is 0 Å². The van der Waals surface area contributed by atoms with E-state index in [9.17, 15) is 9.59 Å². The number of nitrogens with one attached hydrogen (secondary N) is 2. The van der Waals surface area contributed by atoms with Crippen molar-refractivity contribution in [2.75, 3.05) is 13.2 Å². The summed E-state index contributed by atoms with van der Waals surface area (Å²) in [5.74, 6) is -0.168. The van der Waals surface area contributed by atoms with Crippen molar-refractivity contribution in [2.45, 2.75) is 52.1 Å². The van der Waals surface area contributed by atoms with Crippen LogP contribution in [0.3, 0.4) is 0 Å². The molecule has 0 fully saturated rings. The third-order valence-corrected chi connectivity index (χ3v) is 2.63. The van der Waals surface area contributed by atoms with Gasteiger partial charge in [0.2, 0.25) is 5.91 Å². The lowest BCUT2D eigenvalue weighted by molar-refractivity contribution is -0.126. The molecule has 17 heavy (non-hydrogen) atoms. The predicted octanol–water partition coefficient (Wildman–Crippen LogP) is 0.221. The van der Waals surface area contributed by atoms with Crippen LogP contribution in [0, 0.1) is 0 Å². The van der Waals surface area contributed by atoms with E-state index >= 15 is 0 Å². The van der Waals surface area contributed by atoms with Crippen LogP contribution in [0.4, 0.5) is 0 Å². The van der Waals surface area contributed by atoms with Crippen molar-refractivity contribution < 1.29 is 14.7 Å². The Hall–Kier alpha value is -0.940. The molecule has 5 nitrogen and oxygen atoms in total. The Morgan fingerprint density at radius 3 is 2.47 bits per heavy atom. The molecule has 0 saturated carbocycles. The highest BCUT2D eigenvalue weighted by Gasteiger charge is 2.18. The number of carbonyl (C=O) groups is 2. The lowest BCUT2D eigenvalue weighted by Crippen LogP contribution is -2.42. The normalized spacial score (nSPS) is 14.1. The quantitative estimate of drug-likeness (QED) is 0.507. The monoisotopic (exact) mass is 244 g/mol. The first-order valence-corrected chi connectivity index (χ1v) is 6.15. The summed E-state index contributed by atoms with van der Waals surface area (Å²) in [6.45, 7) is 6.01. The van der Waals surface area contributed by atoms with Crippen molar-refractivity contribution in [2.24, 2.45) is 0 Å². The minimum atomic E-state index is -0.453. The molecule has 5 heteroatoms. The van der Waals surface area contributed by atoms with Gasteiger partial charge in [-0.05, 0) is 33.2 Å². The lowest BCUT2D eigenvalue weighted by Gasteiger charge is -2.17. The summed E-state index contributed by atoms with van der Waals surface area (Å²) in [5, 5.41) is 14.4. The van der Waals surface area contributed by atoms with Crippen molar-refractivity contribution >= 4 is 11.7 Å². The van der Waals surface area contributed by atoms with Crippen LogP contribution in [0.2, 0.25) is 0 Å². The highest BCUT2D eigenvalue weighted by molar-refractivity contribution is 5.88. The Labute approximate surface area is 103 Å². The van der Waals surface area contributed by atoms with E-state index in [0.717, 1.165) is 6.42 Å². The summed E-state index contributed by atoms with van der Waals surface area (Å²) in [5.41, 5.74) is 0. The van der Waals surface area contributed by atoms with Gasteiger partial charge < -0.3 is 15.7 Å². The Balaban J connectivity index is 4.06. The van der Waals surface area contributed by atoms with E-state index < -0.39 is 6.04 Å². The van der Waals surface area contributed by atoms with Gasteiger partial charge in [-0.15, -0.1) is 0 Å². The summed E-state index contributed by atoms with van der Waals surface area (Å²) in [4.78, 5) is 22.9. The van der Waals surface area contributed by atoms with Crippen LogP contribution in [-0.4, -0.2) is 42.0 Å². The number of rotatable bonds is 9. The first-order valence-electron chi connectivity index (χ1n) is 6.15. The molecular weight excluding hydrogens is 220 g/mol. The van der Waals surface area contributed by atoms with E-state index in [1.165, 1.54) is 6.92 Å². The number of aliphatic hydroxyl groups is 1. The summed E-state index contributed by atoms with van der Waals surface area (Å²) in [7, 11) is 0. The van der Waals surface area contributed by atoms with Gasteiger partial charge in [-0.25, -0.2) is 0 Å². The van der Waals surface area contributed by atoms with Crippen LogP contribution in [-0.2, 0) is 9.59 Å². The fraction of sp³-hybridized carbons (Fsp3) is 0.833. The number of amides is 1. The minimum Gasteiger partial charge on any atom is -0.396 e. The smallest absolute Gasteiger partial charge is 0.222 e. The average molecular weight is 244 g/mol. The molecule has 3 N–H and O–H groups in total. The molecule has 2 unspecified atom stereocenters. The van der Waals surface area contributed by atoms with Crippen molar-refractivity contribution in [3.8, 4) is 0 Å². The highest BCUT2D eigenvalue weighted by Crippen LogP contribution is 1.97. The second-order valence-corrected chi connectivity index (χ2v) is 4.28. The molecule has 0 aromatic heterocycles. The highest BCUT2D eigenvalue weighted by atomic mass is 16.3. The molecule has 0 bridgehead atoms. The van der Waals surface area contributed by atoms with Gasteiger partial charge >= 0.3 is 0 Å². The molecule has 0 rings (SSSR count). The SMILES string of the molecule is CCC(C)NC(=O)CC(NCCCO)C(C)=O. The molecular formula is C12H24N2O3. The lowest BCUT2D eigenvalue weighted by atomic mass is 10.1. The Morgan fingerprint density at radius 1 is 1.35 bits per heavy atom. The second kappa shape index (κ2) is 9.13. The zero-order chi connectivity index (χ0) is 13.3. The molecule has 0 heterocycles. The van der Waals surface area contributed by atoms with E-state index in [0.29, 0.717) is 13.0 Å². The fourth-order valence-electron chi connectivity index (χ4n) is 1.34. The number of ketones is 1. The number of hydrogen-bond donors (Lipinski definition) is 3. The largest absolute Gasteiger partial charge is 0.396 e. The number of hydrogen-bond acceptors (Lipinski definition) is 4. The van der Waals surface area contributed by atoms with Gasteiger partial charge in [-0.1, -0.05) is 6.92 Å². The van der Waals surface area contributed by atoms with Crippen molar-refractivity contribution in [1.29, 1.82) is 0 Å². The average Bonchev–Trinajstić information content (AvgIpc) is 2.27. The summed E-state index contributed by atoms with van der Waals surface area (Å²) in [6.07, 6.45) is 1.61. The standard InChI is InChI=1S/C12H24N2O3/c1-4-9(2)14-12(17)8-11(10(3)16)13-6-5-7-15/h9,11,13,15H,4-8H2,1-3H3,(H,14,17). The van der Waals surface area contributed by atoms with Crippen LogP contribution in [0.1, 0.15) is 40.0 Å². The summed E-state index contributed by atoms with van der Waals surface area (Å²) >= 11 is 0. The molecule has 0 spiro atoms. The van der Waals surface area contributed by atoms with Crippen LogP contribution in [0.5, 0.6) is 0 Å². The molecule has 1 amide bonds. The number of aliphatic hydroxyl groups excluding tert-OH is 1. The number of carbonyl (C=O) groups excluding carboxylic acids is 2. The molecule has 0 aliphatic carbocycles. The minimum absolute atomic E-state index is 0.0535. The van der Waals surface area contributed by atoms with Crippen LogP contribution < -0.4 is 10.6 Å². The first kappa shape index (κ1) is 16.1. The zero-order valence-electron chi connectivity index (χ0n) is 11.0. The second-order valence-electron chi connectivity index (χ2n) is 4.28. The fourth-order valence-corrected chi connectivity index (χ4v) is 1.34. The van der Waals surface area contributed by atoms with Crippen LogP contribution in [0.15, 0.2) is 0 Å². The van der Waals surface area contributed by atoms with E-state index in [2.05, 4.69) is 10.6 Å². The maximum Gasteiger partial charge on any atom is 0.222 e. The van der Waals surface area contributed by atoms with Gasteiger partial charge in [0.15, 0.2) is 0 Å². The van der Waals surface area contributed by atoms with Gasteiger partial charge in [-0.3, -0.25) is 9.59 Å². The number of Topliss-reactive ketones (excluding diaryl/α,β-unsaturated/α-hetero) is 1. The van der Waals surface area contributed by atoms with E-state index in [1.807, 2.05) is 13.8 Å². The Bertz CT molecular complexity index is 244. The summed E-state index contributed by atoms with van der Waals surface area (Å²) < 4.78 is 0. The third-order valence-electron chi connectivity index (χ3n) is 2.63. The van der Waals surface area contributed by atoms with Crippen molar-refractivity contribution in [1.82, 2.24) is 10.6 Å². The maximum atomic E-state index is 11.6. The topological polar surface area (TPSA) is 78.4 Å². The van der Waals surface area contributed by atoms with Gasteiger partial charge in [0.25, 0.3) is 0 Å². The molecule has 0 saturated heterocycles. The molecule has 0 aromatic carbocycles. The molecule has 2 atom stereocenters. The van der Waals surface area contributed by atoms with E-state index in [1.54, 1.807) is 0 Å². The van der Waals surface area contributed by atoms with Crippen LogP contribution >= 0.6 is 0 Å². The summed E-state index contributed by atoms with van der Waals surface area (Å²) in [6, 6.07) is -0.321. The Kier molecular flexibility index (Phi) is 8.62. The van der Waals surface area contributed by atoms with Crippen molar-refractivity contribution in [3.63, 3.8) is 0 Å². The zero-order valence-corrected chi connectivity index (χ0v) is 11.0. The molecule has 0 aliphatic rings. The van der Waals surface area contributed by atoms with Crippen molar-refractivity contribution in [3.05, 3.63) is 0 Å². The molecule has 0 aromatic rings. The molecule has 0 aliphatic heterocycles. The third kappa shape index (κ3) is 7.88. The molecule has 0 radical (unpaired) electrons. The van der Waals surface area contributed by atoms with E-state index in [-0.39, 0.29) is 30.8 Å². The van der Waals surface area contributed by atoms with Gasteiger partial charge in [0.1, 0.15) is 5.78 Å². The van der Waals surface area contributed by atoms with Gasteiger partial charge in [0, 0.05) is 19.1 Å². The maximum absolute atomic E-state index is 11.6. The van der Waals surface area contributed by atoms with Gasteiger partial charge in [0.05, 0.1) is 6.04 Å². The molecule has 100 valence electrons. The first-order chi connectivity index (χ1) is 8.01. The predicted molar refractivity (Wildman–Crippen MR) is 66.7 cm³/mol.